The third kappa shape index (κ3) is 5.98. The van der Waals surface area contributed by atoms with Crippen molar-refractivity contribution in [2.75, 3.05) is 5.73 Å². The van der Waals surface area contributed by atoms with Crippen LogP contribution in [-0.4, -0.2) is 21.4 Å². The van der Waals surface area contributed by atoms with Gasteiger partial charge in [0.25, 0.3) is 0 Å². The van der Waals surface area contributed by atoms with E-state index in [9.17, 15) is 0 Å². The quantitative estimate of drug-likeness (QED) is 0.106. The zero-order valence-corrected chi connectivity index (χ0v) is 25.6. The van der Waals surface area contributed by atoms with Crippen LogP contribution in [-0.2, 0) is 0 Å². The molecular weight excluding hydrogens is 574 g/mol. The normalized spacial score (nSPS) is 12.5. The van der Waals surface area contributed by atoms with Gasteiger partial charge in [0.2, 0.25) is 0 Å². The van der Waals surface area contributed by atoms with Crippen LogP contribution in [0.2, 0.25) is 0 Å². The molecule has 1 aliphatic carbocycles. The lowest BCUT2D eigenvalue weighted by Crippen LogP contribution is -2.09. The van der Waals surface area contributed by atoms with Crippen molar-refractivity contribution in [3.63, 3.8) is 0 Å². The summed E-state index contributed by atoms with van der Waals surface area (Å²) in [5, 5.41) is 20.2. The Kier molecular flexibility index (Phi) is 8.02. The summed E-state index contributed by atoms with van der Waals surface area (Å²) in [4.78, 5) is 8.47. The van der Waals surface area contributed by atoms with Crippen molar-refractivity contribution in [1.82, 2.24) is 9.97 Å². The summed E-state index contributed by atoms with van der Waals surface area (Å²) < 4.78 is 0. The van der Waals surface area contributed by atoms with Crippen molar-refractivity contribution in [2.45, 2.75) is 0 Å². The van der Waals surface area contributed by atoms with Crippen LogP contribution in [0.5, 0.6) is 0 Å². The summed E-state index contributed by atoms with van der Waals surface area (Å²) in [7, 11) is 0. The first kappa shape index (κ1) is 29.3. The molecule has 0 saturated heterocycles. The molecule has 2 heterocycles. The molecule has 224 valence electrons. The maximum absolute atomic E-state index is 7.69. The second-order valence-corrected chi connectivity index (χ2v) is 11.3. The number of aromatic nitrogens is 2. The first-order chi connectivity index (χ1) is 23.1. The fourth-order valence-corrected chi connectivity index (χ4v) is 6.02. The van der Waals surface area contributed by atoms with E-state index >= 15 is 0 Å². The van der Waals surface area contributed by atoms with Crippen molar-refractivity contribution < 1.29 is 0 Å². The summed E-state index contributed by atoms with van der Waals surface area (Å²) in [5.74, 6) is 0. The van der Waals surface area contributed by atoms with Gasteiger partial charge in [0, 0.05) is 36.0 Å². The van der Waals surface area contributed by atoms with Gasteiger partial charge in [-0.25, -0.2) is 0 Å². The van der Waals surface area contributed by atoms with Crippen molar-refractivity contribution in [2.24, 2.45) is 0 Å². The Morgan fingerprint density at radius 1 is 0.426 bits per heavy atom. The number of benzene rings is 5. The van der Waals surface area contributed by atoms with Crippen LogP contribution >= 0.6 is 0 Å². The van der Waals surface area contributed by atoms with E-state index in [4.69, 9.17) is 16.6 Å². The van der Waals surface area contributed by atoms with Crippen LogP contribution in [0.3, 0.4) is 0 Å². The van der Waals surface area contributed by atoms with Crippen LogP contribution in [0.4, 0.5) is 5.69 Å². The van der Waals surface area contributed by atoms with Crippen LogP contribution in [0, 0.1) is 10.8 Å². The Hall–Kier alpha value is -6.46. The van der Waals surface area contributed by atoms with Crippen LogP contribution in [0.1, 0.15) is 5.56 Å². The number of nitrogens with one attached hydrogen (secondary N) is 2. The van der Waals surface area contributed by atoms with E-state index in [1.54, 1.807) is 18.3 Å². The third-order valence-electron chi connectivity index (χ3n) is 8.31. The summed E-state index contributed by atoms with van der Waals surface area (Å²) in [6, 6.07) is 41.6. The number of hydrogen-bond acceptors (Lipinski definition) is 5. The number of anilines is 1. The second kappa shape index (κ2) is 12.9. The standard InChI is InChI=1S/C25H18N2.C17H13N3/c26-19-13-11-17(12-14-19)24-20-7-1-3-9-22(20)25(18-6-5-15-27-16-18)23-10-4-2-8-21(23)24;18-16-8-7-14(10-17(16)19)12-3-5-13(6-4-12)15-2-1-9-20-11-15/h1-16H,26H2;1-11,18-19H. The molecule has 0 spiro atoms. The van der Waals surface area contributed by atoms with Crippen LogP contribution < -0.4 is 5.73 Å². The minimum Gasteiger partial charge on any atom is -0.399 e. The fraction of sp³-hybridized carbons (Fsp3) is 0. The molecule has 0 saturated carbocycles. The smallest absolute Gasteiger partial charge is 0.0795 e. The van der Waals surface area contributed by atoms with Crippen molar-refractivity contribution >= 4 is 44.2 Å². The Labute approximate surface area is 273 Å². The van der Waals surface area contributed by atoms with Crippen molar-refractivity contribution in [3.05, 3.63) is 170 Å². The van der Waals surface area contributed by atoms with Gasteiger partial charge in [-0.05, 0) is 96.9 Å². The molecule has 7 aromatic rings. The number of allylic oxidation sites excluding steroid dienone is 4. The number of nitrogens with zero attached hydrogens (tertiary/aromatic N) is 2. The fourth-order valence-electron chi connectivity index (χ4n) is 6.02. The number of nitrogens with two attached hydrogens (primary N) is 1. The highest BCUT2D eigenvalue weighted by atomic mass is 14.6. The molecule has 47 heavy (non-hydrogen) atoms. The number of nitrogen functional groups attached to an aromatic ring is 1. The summed E-state index contributed by atoms with van der Waals surface area (Å²) in [6.07, 6.45) is 12.6. The Bertz CT molecular complexity index is 2250. The maximum Gasteiger partial charge on any atom is 0.0795 e. The Morgan fingerprint density at radius 3 is 1.43 bits per heavy atom. The van der Waals surface area contributed by atoms with Gasteiger partial charge in [0.15, 0.2) is 0 Å². The predicted octanol–water partition coefficient (Wildman–Crippen LogP) is 10.0. The van der Waals surface area contributed by atoms with Gasteiger partial charge in [-0.1, -0.05) is 103 Å². The highest BCUT2D eigenvalue weighted by Gasteiger charge is 2.16. The topological polar surface area (TPSA) is 99.5 Å². The van der Waals surface area contributed by atoms with Crippen LogP contribution in [0.25, 0.3) is 60.5 Å². The van der Waals surface area contributed by atoms with E-state index in [0.29, 0.717) is 0 Å². The lowest BCUT2D eigenvalue weighted by molar-refractivity contribution is 1.33. The molecule has 0 atom stereocenters. The lowest BCUT2D eigenvalue weighted by Gasteiger charge is -2.17. The molecule has 2 aromatic heterocycles. The Balaban J connectivity index is 0.000000157. The molecule has 0 unspecified atom stereocenters. The molecule has 0 bridgehead atoms. The van der Waals surface area contributed by atoms with E-state index < -0.39 is 0 Å². The highest BCUT2D eigenvalue weighted by Crippen LogP contribution is 2.43. The van der Waals surface area contributed by atoms with E-state index in [1.807, 2.05) is 79.3 Å². The molecule has 0 amide bonds. The first-order valence-corrected chi connectivity index (χ1v) is 15.3. The largest absolute Gasteiger partial charge is 0.399 e. The van der Waals surface area contributed by atoms with Gasteiger partial charge in [-0.15, -0.1) is 0 Å². The molecule has 4 N–H and O–H groups in total. The molecule has 5 nitrogen and oxygen atoms in total. The molecule has 0 aliphatic heterocycles. The zero-order chi connectivity index (χ0) is 32.2. The van der Waals surface area contributed by atoms with Gasteiger partial charge in [-0.3, -0.25) is 20.8 Å². The minimum absolute atomic E-state index is 0.249. The van der Waals surface area contributed by atoms with Gasteiger partial charge in [0.05, 0.1) is 11.4 Å². The summed E-state index contributed by atoms with van der Waals surface area (Å²) >= 11 is 0. The highest BCUT2D eigenvalue weighted by molar-refractivity contribution is 6.50. The number of hydrogen-bond donors (Lipinski definition) is 3. The van der Waals surface area contributed by atoms with E-state index in [1.165, 1.54) is 38.2 Å². The van der Waals surface area contributed by atoms with E-state index in [-0.39, 0.29) is 11.4 Å². The SMILES string of the molecule is N=C1C=CC(c2ccc(-c3cccnc3)cc2)=CC1=N.Nc1ccc(-c2c3ccccc3c(-c3cccnc3)c3ccccc23)cc1. The third-order valence-corrected chi connectivity index (χ3v) is 8.31. The molecule has 1 aliphatic rings. The maximum atomic E-state index is 7.69. The predicted molar refractivity (Wildman–Crippen MR) is 197 cm³/mol. The second-order valence-electron chi connectivity index (χ2n) is 11.3. The number of rotatable bonds is 4. The lowest BCUT2D eigenvalue weighted by atomic mass is 9.86. The van der Waals surface area contributed by atoms with Gasteiger partial charge in [0.1, 0.15) is 0 Å². The van der Waals surface area contributed by atoms with E-state index in [0.717, 1.165) is 33.5 Å². The Morgan fingerprint density at radius 2 is 0.915 bits per heavy atom. The number of pyridine rings is 2. The number of fused-ring (bicyclic) bond motifs is 2. The molecule has 8 rings (SSSR count). The van der Waals surface area contributed by atoms with E-state index in [2.05, 4.69) is 76.7 Å². The zero-order valence-electron chi connectivity index (χ0n) is 25.6. The van der Waals surface area contributed by atoms with Crippen molar-refractivity contribution in [1.29, 1.82) is 10.8 Å². The summed E-state index contributed by atoms with van der Waals surface area (Å²) in [6.45, 7) is 0. The van der Waals surface area contributed by atoms with Crippen LogP contribution in [0.15, 0.2) is 164 Å². The monoisotopic (exact) mass is 605 g/mol. The van der Waals surface area contributed by atoms with Gasteiger partial charge in [-0.2, -0.15) is 0 Å². The molecule has 5 heteroatoms. The average molecular weight is 606 g/mol. The molecule has 5 aromatic carbocycles. The molecule has 0 radical (unpaired) electrons. The van der Waals surface area contributed by atoms with Gasteiger partial charge < -0.3 is 5.73 Å². The summed E-state index contributed by atoms with van der Waals surface area (Å²) in [5.41, 5.74) is 16.2. The average Bonchev–Trinajstić information content (AvgIpc) is 3.13. The van der Waals surface area contributed by atoms with Crippen molar-refractivity contribution in [3.8, 4) is 33.4 Å². The van der Waals surface area contributed by atoms with Gasteiger partial charge >= 0.3 is 0 Å². The molecular formula is C42H31N5. The molecule has 0 fully saturated rings. The first-order valence-electron chi connectivity index (χ1n) is 15.3. The minimum atomic E-state index is 0.249.